The fraction of sp³-hybridized carbons (Fsp3) is 0.542. The molecule has 0 atom stereocenters. The van der Waals surface area contributed by atoms with Crippen molar-refractivity contribution in [1.29, 1.82) is 0 Å². The maximum Gasteiger partial charge on any atom is 0.225 e. The number of anilines is 1. The molecule has 0 N–H and O–H groups in total. The molecule has 5 nitrogen and oxygen atoms in total. The maximum atomic E-state index is 12.3. The molecular formula is C24H32N4O. The summed E-state index contributed by atoms with van der Waals surface area (Å²) >= 11 is 0. The molecular weight excluding hydrogens is 360 g/mol. The largest absolute Gasteiger partial charge is 0.352 e. The van der Waals surface area contributed by atoms with E-state index in [0.717, 1.165) is 69.2 Å². The Morgan fingerprint density at radius 3 is 2.52 bits per heavy atom. The van der Waals surface area contributed by atoms with Gasteiger partial charge in [0.25, 0.3) is 0 Å². The van der Waals surface area contributed by atoms with Crippen LogP contribution in [0.5, 0.6) is 0 Å². The smallest absolute Gasteiger partial charge is 0.225 e. The third kappa shape index (κ3) is 4.29. The van der Waals surface area contributed by atoms with Gasteiger partial charge in [-0.3, -0.25) is 4.79 Å². The van der Waals surface area contributed by atoms with E-state index in [-0.39, 0.29) is 11.8 Å². The number of carbonyl (C=O) groups is 1. The number of benzene rings is 1. The first-order chi connectivity index (χ1) is 14.0. The number of fused-ring (bicyclic) bond motifs is 1. The Labute approximate surface area is 174 Å². The Kier molecular flexibility index (Phi) is 5.84. The number of aryl methyl sites for hydroxylation is 1. The highest BCUT2D eigenvalue weighted by Crippen LogP contribution is 2.33. The van der Waals surface area contributed by atoms with Crippen LogP contribution in [0, 0.1) is 12.8 Å². The molecule has 0 spiro atoms. The third-order valence-corrected chi connectivity index (χ3v) is 6.25. The summed E-state index contributed by atoms with van der Waals surface area (Å²) in [6.07, 6.45) is 4.12. The first-order valence-corrected chi connectivity index (χ1v) is 11.0. The van der Waals surface area contributed by atoms with Gasteiger partial charge in [-0.1, -0.05) is 44.2 Å². The summed E-state index contributed by atoms with van der Waals surface area (Å²) in [4.78, 5) is 26.7. The molecule has 2 aliphatic rings. The van der Waals surface area contributed by atoms with E-state index in [9.17, 15) is 4.79 Å². The van der Waals surface area contributed by atoms with Crippen LogP contribution in [0.4, 0.5) is 5.82 Å². The second-order valence-electron chi connectivity index (χ2n) is 8.73. The minimum Gasteiger partial charge on any atom is -0.352 e. The summed E-state index contributed by atoms with van der Waals surface area (Å²) in [5.74, 6) is 2.78. The molecule has 1 fully saturated rings. The van der Waals surface area contributed by atoms with E-state index < -0.39 is 0 Å². The molecule has 0 aliphatic carbocycles. The number of rotatable bonds is 4. The minimum atomic E-state index is 0.0698. The van der Waals surface area contributed by atoms with Crippen LogP contribution in [-0.2, 0) is 17.8 Å². The van der Waals surface area contributed by atoms with Gasteiger partial charge >= 0.3 is 0 Å². The van der Waals surface area contributed by atoms with Gasteiger partial charge in [0.05, 0.1) is 0 Å². The molecule has 2 aromatic rings. The van der Waals surface area contributed by atoms with Crippen LogP contribution in [0.15, 0.2) is 30.3 Å². The van der Waals surface area contributed by atoms with E-state index in [4.69, 9.17) is 9.97 Å². The van der Waals surface area contributed by atoms with Crippen molar-refractivity contribution in [2.45, 2.75) is 58.9 Å². The van der Waals surface area contributed by atoms with Crippen LogP contribution in [0.2, 0.25) is 0 Å². The summed E-state index contributed by atoms with van der Waals surface area (Å²) in [6, 6.07) is 10.6. The van der Waals surface area contributed by atoms with Crippen LogP contribution in [0.3, 0.4) is 0 Å². The van der Waals surface area contributed by atoms with E-state index in [1.54, 1.807) is 0 Å². The van der Waals surface area contributed by atoms with Crippen molar-refractivity contribution >= 4 is 11.7 Å². The fourth-order valence-electron chi connectivity index (χ4n) is 4.57. The Hall–Kier alpha value is -2.43. The zero-order valence-electron chi connectivity index (χ0n) is 17.9. The number of piperidine rings is 1. The Morgan fingerprint density at radius 1 is 1.10 bits per heavy atom. The number of nitrogens with zero attached hydrogens (tertiary/aromatic N) is 4. The van der Waals surface area contributed by atoms with Crippen molar-refractivity contribution < 1.29 is 4.79 Å². The van der Waals surface area contributed by atoms with Crippen molar-refractivity contribution in [2.75, 3.05) is 24.5 Å². The first-order valence-electron chi connectivity index (χ1n) is 11.0. The van der Waals surface area contributed by atoms with E-state index in [1.165, 1.54) is 11.1 Å². The molecule has 2 aliphatic heterocycles. The monoisotopic (exact) mass is 392 g/mol. The van der Waals surface area contributed by atoms with Crippen molar-refractivity contribution in [3.8, 4) is 0 Å². The molecule has 154 valence electrons. The lowest BCUT2D eigenvalue weighted by atomic mass is 9.94. The van der Waals surface area contributed by atoms with Gasteiger partial charge in [-0.15, -0.1) is 0 Å². The van der Waals surface area contributed by atoms with E-state index in [0.29, 0.717) is 5.92 Å². The number of aromatic nitrogens is 2. The minimum absolute atomic E-state index is 0.0698. The van der Waals surface area contributed by atoms with Crippen LogP contribution < -0.4 is 4.90 Å². The zero-order valence-corrected chi connectivity index (χ0v) is 17.9. The molecule has 0 bridgehead atoms. The van der Waals surface area contributed by atoms with Crippen molar-refractivity contribution in [2.24, 2.45) is 5.92 Å². The van der Waals surface area contributed by atoms with Gasteiger partial charge in [0, 0.05) is 49.3 Å². The van der Waals surface area contributed by atoms with E-state index in [1.807, 2.05) is 18.7 Å². The van der Waals surface area contributed by atoms with Crippen LogP contribution >= 0.6 is 0 Å². The Morgan fingerprint density at radius 2 is 1.83 bits per heavy atom. The maximum absolute atomic E-state index is 12.3. The quantitative estimate of drug-likeness (QED) is 0.786. The lowest BCUT2D eigenvalue weighted by molar-refractivity contribution is -0.135. The Balaban J connectivity index is 1.54. The van der Waals surface area contributed by atoms with Gasteiger partial charge < -0.3 is 9.80 Å². The van der Waals surface area contributed by atoms with Crippen LogP contribution in [0.25, 0.3) is 0 Å². The predicted molar refractivity (Wildman–Crippen MR) is 116 cm³/mol. The summed E-state index contributed by atoms with van der Waals surface area (Å²) in [5.41, 5.74) is 3.76. The molecule has 1 saturated heterocycles. The molecule has 0 saturated carbocycles. The highest BCUT2D eigenvalue weighted by Gasteiger charge is 2.29. The number of hydrogen-bond donors (Lipinski definition) is 0. The number of carbonyl (C=O) groups excluding carboxylic acids is 1. The van der Waals surface area contributed by atoms with Crippen molar-refractivity contribution in [3.63, 3.8) is 0 Å². The molecule has 1 aromatic heterocycles. The van der Waals surface area contributed by atoms with E-state index >= 15 is 0 Å². The summed E-state index contributed by atoms with van der Waals surface area (Å²) in [7, 11) is 0. The van der Waals surface area contributed by atoms with E-state index in [2.05, 4.69) is 42.2 Å². The molecule has 0 radical (unpaired) electrons. The van der Waals surface area contributed by atoms with Crippen molar-refractivity contribution in [1.82, 2.24) is 14.9 Å². The summed E-state index contributed by atoms with van der Waals surface area (Å²) in [6.45, 7) is 9.65. The van der Waals surface area contributed by atoms with Gasteiger partial charge in [0.1, 0.15) is 11.6 Å². The highest BCUT2D eigenvalue weighted by atomic mass is 16.2. The second kappa shape index (κ2) is 8.52. The predicted octanol–water partition coefficient (Wildman–Crippen LogP) is 4.10. The lowest BCUT2D eigenvalue weighted by Crippen LogP contribution is -2.40. The SMILES string of the molecule is Cc1nc(C2CCN(C(=O)C(C)C)CC2)nc2c1CCCN2Cc1ccccc1. The van der Waals surface area contributed by atoms with Gasteiger partial charge in [0.15, 0.2) is 0 Å². The summed E-state index contributed by atoms with van der Waals surface area (Å²) < 4.78 is 0. The molecule has 1 aromatic carbocycles. The lowest BCUT2D eigenvalue weighted by Gasteiger charge is -2.34. The van der Waals surface area contributed by atoms with Gasteiger partial charge in [0.2, 0.25) is 5.91 Å². The van der Waals surface area contributed by atoms with Crippen LogP contribution in [0.1, 0.15) is 61.7 Å². The van der Waals surface area contributed by atoms with Crippen molar-refractivity contribution in [3.05, 3.63) is 53.0 Å². The number of hydrogen-bond acceptors (Lipinski definition) is 4. The normalized spacial score (nSPS) is 17.5. The molecule has 0 unspecified atom stereocenters. The molecule has 29 heavy (non-hydrogen) atoms. The standard InChI is InChI=1S/C24H32N4O/c1-17(2)24(29)27-14-11-20(12-15-27)22-25-18(3)21-10-7-13-28(23(21)26-22)16-19-8-5-4-6-9-19/h4-6,8-9,17,20H,7,10-16H2,1-3H3. The molecule has 4 rings (SSSR count). The zero-order chi connectivity index (χ0) is 20.4. The van der Waals surface area contributed by atoms with Crippen LogP contribution in [-0.4, -0.2) is 40.4 Å². The fourth-order valence-corrected chi connectivity index (χ4v) is 4.57. The Bertz CT molecular complexity index is 857. The molecule has 5 heteroatoms. The first kappa shape index (κ1) is 19.9. The highest BCUT2D eigenvalue weighted by molar-refractivity contribution is 5.78. The molecule has 3 heterocycles. The van der Waals surface area contributed by atoms with Gasteiger partial charge in [-0.2, -0.15) is 0 Å². The second-order valence-corrected chi connectivity index (χ2v) is 8.73. The average Bonchev–Trinajstić information content (AvgIpc) is 2.74. The molecule has 1 amide bonds. The third-order valence-electron chi connectivity index (χ3n) is 6.25. The van der Waals surface area contributed by atoms with Gasteiger partial charge in [-0.05, 0) is 38.2 Å². The summed E-state index contributed by atoms with van der Waals surface area (Å²) in [5, 5.41) is 0. The van der Waals surface area contributed by atoms with Gasteiger partial charge in [-0.25, -0.2) is 9.97 Å². The average molecular weight is 393 g/mol. The number of likely N-dealkylation sites (tertiary alicyclic amines) is 1. The topological polar surface area (TPSA) is 49.3 Å². The number of amides is 1.